The van der Waals surface area contributed by atoms with Crippen LogP contribution in [0.2, 0.25) is 0 Å². The van der Waals surface area contributed by atoms with Crippen molar-refractivity contribution in [1.82, 2.24) is 4.98 Å². The molecule has 2 aromatic heterocycles. The molecular formula is C20H17BrN2O3S. The maximum atomic E-state index is 12.7. The lowest BCUT2D eigenvalue weighted by Crippen LogP contribution is -2.14. The highest BCUT2D eigenvalue weighted by Crippen LogP contribution is 2.40. The Kier molecular flexibility index (Phi) is 6.03. The maximum absolute atomic E-state index is 12.7. The molecule has 3 aromatic rings. The molecule has 0 atom stereocenters. The molecule has 27 heavy (non-hydrogen) atoms. The van der Waals surface area contributed by atoms with E-state index in [4.69, 9.17) is 4.74 Å². The van der Waals surface area contributed by atoms with Gasteiger partial charge < -0.3 is 10.1 Å². The Labute approximate surface area is 169 Å². The Hall–Kier alpha value is -2.51. The first-order chi connectivity index (χ1) is 13.0. The molecule has 0 fully saturated rings. The molecule has 0 aliphatic heterocycles. The van der Waals surface area contributed by atoms with Gasteiger partial charge >= 0.3 is 5.97 Å². The Morgan fingerprint density at radius 1 is 1.15 bits per heavy atom. The van der Waals surface area contributed by atoms with Crippen molar-refractivity contribution in [3.05, 3.63) is 69.3 Å². The van der Waals surface area contributed by atoms with Crippen molar-refractivity contribution in [1.29, 1.82) is 0 Å². The zero-order chi connectivity index (χ0) is 19.4. The molecule has 1 N–H and O–H groups in total. The lowest BCUT2D eigenvalue weighted by atomic mass is 10.0. The summed E-state index contributed by atoms with van der Waals surface area (Å²) >= 11 is 4.78. The fraction of sp³-hybridized carbons (Fsp3) is 0.150. The van der Waals surface area contributed by atoms with Crippen LogP contribution in [-0.2, 0) is 4.74 Å². The number of carbonyl (C=O) groups excluding carboxylic acids is 2. The first kappa shape index (κ1) is 19.3. The van der Waals surface area contributed by atoms with E-state index in [0.29, 0.717) is 16.1 Å². The summed E-state index contributed by atoms with van der Waals surface area (Å²) in [6, 6.07) is 10.9. The number of anilines is 1. The minimum atomic E-state index is -0.454. The number of aromatic nitrogens is 1. The van der Waals surface area contributed by atoms with E-state index in [0.717, 1.165) is 20.5 Å². The van der Waals surface area contributed by atoms with Crippen molar-refractivity contribution < 1.29 is 14.3 Å². The molecule has 138 valence electrons. The van der Waals surface area contributed by atoms with Crippen molar-refractivity contribution in [2.24, 2.45) is 0 Å². The summed E-state index contributed by atoms with van der Waals surface area (Å²) in [5, 5.41) is 3.33. The zero-order valence-electron chi connectivity index (χ0n) is 14.8. The van der Waals surface area contributed by atoms with Crippen LogP contribution in [0.3, 0.4) is 0 Å². The van der Waals surface area contributed by atoms with Gasteiger partial charge in [0.15, 0.2) is 0 Å². The SMILES string of the molecule is CCOC(=O)c1c(NC(=O)c2ccncc2)sc(C)c1-c1ccc(Br)cc1. The van der Waals surface area contributed by atoms with Gasteiger partial charge in [0.1, 0.15) is 10.6 Å². The number of esters is 1. The monoisotopic (exact) mass is 444 g/mol. The molecule has 0 bridgehead atoms. The number of amides is 1. The number of carbonyl (C=O) groups is 2. The second-order valence-corrected chi connectivity index (χ2v) is 7.80. The number of nitrogens with zero attached hydrogens (tertiary/aromatic N) is 1. The van der Waals surface area contributed by atoms with Crippen LogP contribution in [0.15, 0.2) is 53.3 Å². The minimum Gasteiger partial charge on any atom is -0.462 e. The summed E-state index contributed by atoms with van der Waals surface area (Å²) in [4.78, 5) is 30.1. The first-order valence-corrected chi connectivity index (χ1v) is 9.90. The van der Waals surface area contributed by atoms with Gasteiger partial charge in [-0.2, -0.15) is 0 Å². The summed E-state index contributed by atoms with van der Waals surface area (Å²) in [7, 11) is 0. The standard InChI is InChI=1S/C20H17BrN2O3S/c1-3-26-20(25)17-16(13-4-6-15(21)7-5-13)12(2)27-19(17)23-18(24)14-8-10-22-11-9-14/h4-11H,3H2,1-2H3,(H,23,24). The van der Waals surface area contributed by atoms with Crippen LogP contribution >= 0.6 is 27.3 Å². The average molecular weight is 445 g/mol. The number of benzene rings is 1. The number of rotatable bonds is 5. The van der Waals surface area contributed by atoms with Crippen molar-refractivity contribution in [3.8, 4) is 11.1 Å². The molecule has 0 unspecified atom stereocenters. The lowest BCUT2D eigenvalue weighted by molar-refractivity contribution is 0.0529. The molecule has 3 rings (SSSR count). The number of hydrogen-bond donors (Lipinski definition) is 1. The van der Waals surface area contributed by atoms with Crippen molar-refractivity contribution in [2.75, 3.05) is 11.9 Å². The van der Waals surface area contributed by atoms with E-state index < -0.39 is 5.97 Å². The van der Waals surface area contributed by atoms with Gasteiger partial charge in [0.2, 0.25) is 0 Å². The normalized spacial score (nSPS) is 10.5. The van der Waals surface area contributed by atoms with Crippen LogP contribution in [-0.4, -0.2) is 23.5 Å². The smallest absolute Gasteiger partial charge is 0.341 e. The number of aryl methyl sites for hydroxylation is 1. The van der Waals surface area contributed by atoms with Gasteiger partial charge in [-0.25, -0.2) is 4.79 Å². The van der Waals surface area contributed by atoms with Crippen molar-refractivity contribution in [2.45, 2.75) is 13.8 Å². The zero-order valence-corrected chi connectivity index (χ0v) is 17.2. The van der Waals surface area contributed by atoms with Crippen molar-refractivity contribution >= 4 is 44.1 Å². The van der Waals surface area contributed by atoms with Crippen LogP contribution in [0.25, 0.3) is 11.1 Å². The Morgan fingerprint density at radius 3 is 2.44 bits per heavy atom. The van der Waals surface area contributed by atoms with Gasteiger partial charge in [-0.05, 0) is 43.7 Å². The molecule has 0 radical (unpaired) electrons. The fourth-order valence-corrected chi connectivity index (χ4v) is 4.00. The first-order valence-electron chi connectivity index (χ1n) is 8.29. The molecule has 1 amide bonds. The third-order valence-corrected chi connectivity index (χ3v) is 5.42. The Bertz CT molecular complexity index is 969. The predicted molar refractivity (Wildman–Crippen MR) is 110 cm³/mol. The van der Waals surface area contributed by atoms with Crippen LogP contribution in [0.1, 0.15) is 32.5 Å². The van der Waals surface area contributed by atoms with Gasteiger partial charge in [-0.1, -0.05) is 28.1 Å². The highest BCUT2D eigenvalue weighted by molar-refractivity contribution is 9.10. The number of thiophene rings is 1. The van der Waals surface area contributed by atoms with E-state index in [1.807, 2.05) is 31.2 Å². The van der Waals surface area contributed by atoms with E-state index >= 15 is 0 Å². The van der Waals surface area contributed by atoms with E-state index in [1.165, 1.54) is 11.3 Å². The largest absolute Gasteiger partial charge is 0.462 e. The Morgan fingerprint density at radius 2 is 1.81 bits per heavy atom. The molecule has 0 saturated heterocycles. The van der Waals surface area contributed by atoms with Crippen molar-refractivity contribution in [3.63, 3.8) is 0 Å². The van der Waals surface area contributed by atoms with Gasteiger partial charge in [0.25, 0.3) is 5.91 Å². The van der Waals surface area contributed by atoms with E-state index in [9.17, 15) is 9.59 Å². The summed E-state index contributed by atoms with van der Waals surface area (Å²) in [6.45, 7) is 3.93. The second-order valence-electron chi connectivity index (χ2n) is 5.65. The summed E-state index contributed by atoms with van der Waals surface area (Å²) in [5.41, 5.74) is 2.51. The maximum Gasteiger partial charge on any atom is 0.341 e. The van der Waals surface area contributed by atoms with Crippen LogP contribution in [0.4, 0.5) is 5.00 Å². The van der Waals surface area contributed by atoms with Crippen LogP contribution < -0.4 is 5.32 Å². The van der Waals surface area contributed by atoms with Gasteiger partial charge in [-0.15, -0.1) is 11.3 Å². The quantitative estimate of drug-likeness (QED) is 0.541. The summed E-state index contributed by atoms with van der Waals surface area (Å²) in [6.07, 6.45) is 3.10. The molecule has 5 nitrogen and oxygen atoms in total. The number of halogens is 1. The molecule has 2 heterocycles. The number of pyridine rings is 1. The molecule has 1 aromatic carbocycles. The summed E-state index contributed by atoms with van der Waals surface area (Å²) in [5.74, 6) is -0.753. The topological polar surface area (TPSA) is 68.3 Å². The molecule has 0 aliphatic rings. The van der Waals surface area contributed by atoms with Gasteiger partial charge in [0, 0.05) is 32.9 Å². The average Bonchev–Trinajstić information content (AvgIpc) is 2.99. The minimum absolute atomic E-state index is 0.255. The highest BCUT2D eigenvalue weighted by Gasteiger charge is 2.25. The Balaban J connectivity index is 2.06. The molecule has 0 spiro atoms. The van der Waals surface area contributed by atoms with E-state index in [-0.39, 0.29) is 12.5 Å². The van der Waals surface area contributed by atoms with Gasteiger partial charge in [-0.3, -0.25) is 9.78 Å². The highest BCUT2D eigenvalue weighted by atomic mass is 79.9. The molecule has 0 saturated carbocycles. The molecule has 7 heteroatoms. The molecule has 0 aliphatic carbocycles. The number of hydrogen-bond acceptors (Lipinski definition) is 5. The predicted octanol–water partition coefficient (Wildman–Crippen LogP) is 5.31. The van der Waals surface area contributed by atoms with Crippen LogP contribution in [0.5, 0.6) is 0 Å². The van der Waals surface area contributed by atoms with Crippen LogP contribution in [0, 0.1) is 6.92 Å². The fourth-order valence-electron chi connectivity index (χ4n) is 2.67. The third-order valence-electron chi connectivity index (χ3n) is 3.87. The van der Waals surface area contributed by atoms with E-state index in [2.05, 4.69) is 26.2 Å². The summed E-state index contributed by atoms with van der Waals surface area (Å²) < 4.78 is 6.20. The second kappa shape index (κ2) is 8.45. The lowest BCUT2D eigenvalue weighted by Gasteiger charge is -2.09. The number of ether oxygens (including phenoxy) is 1. The molecular weight excluding hydrogens is 428 g/mol. The van der Waals surface area contributed by atoms with Gasteiger partial charge in [0.05, 0.1) is 6.61 Å². The van der Waals surface area contributed by atoms with E-state index in [1.54, 1.807) is 31.5 Å². The third kappa shape index (κ3) is 4.26. The number of nitrogens with one attached hydrogen (secondary N) is 1.